The third kappa shape index (κ3) is 5.83. The first kappa shape index (κ1) is 18.1. The Balaban J connectivity index is 0.000000612. The molecule has 20 heavy (non-hydrogen) atoms. The molecule has 1 aromatic rings. The topological polar surface area (TPSA) is 45.0 Å². The van der Waals surface area contributed by atoms with Crippen molar-refractivity contribution in [3.63, 3.8) is 0 Å². The number of aromatic hydroxyl groups is 1. The average Bonchev–Trinajstić information content (AvgIpc) is 2.43. The number of benzene rings is 1. The van der Waals surface area contributed by atoms with E-state index >= 15 is 0 Å². The summed E-state index contributed by atoms with van der Waals surface area (Å²) in [6, 6.07) is 5.90. The molecule has 2 atom stereocenters. The van der Waals surface area contributed by atoms with Crippen molar-refractivity contribution >= 4 is 22.7 Å². The van der Waals surface area contributed by atoms with Crippen LogP contribution in [0.5, 0.6) is 5.75 Å². The minimum absolute atomic E-state index is 0.250. The van der Waals surface area contributed by atoms with Gasteiger partial charge in [0.05, 0.1) is 6.04 Å². The van der Waals surface area contributed by atoms with Crippen LogP contribution in [0.3, 0.4) is 0 Å². The van der Waals surface area contributed by atoms with Gasteiger partial charge in [-0.05, 0) is 37.3 Å². The van der Waals surface area contributed by atoms with Gasteiger partial charge >= 0.3 is 37.9 Å². The molecule has 1 aliphatic carbocycles. The van der Waals surface area contributed by atoms with E-state index in [0.717, 1.165) is 12.0 Å². The zero-order valence-electron chi connectivity index (χ0n) is 11.8. The van der Waals surface area contributed by atoms with Gasteiger partial charge in [-0.25, -0.2) is 0 Å². The molecule has 1 aliphatic rings. The maximum atomic E-state index is 9.84. The number of halogens is 2. The fourth-order valence-corrected chi connectivity index (χ4v) is 2.33. The van der Waals surface area contributed by atoms with Gasteiger partial charge in [-0.1, -0.05) is 31.9 Å². The van der Waals surface area contributed by atoms with E-state index in [2.05, 4.69) is 17.2 Å². The molecule has 3 nitrogen and oxygen atoms in total. The van der Waals surface area contributed by atoms with Crippen LogP contribution in [0, 0.1) is 12.8 Å². The van der Waals surface area contributed by atoms with E-state index in [4.69, 9.17) is 17.0 Å². The first-order chi connectivity index (χ1) is 9.60. The van der Waals surface area contributed by atoms with Crippen molar-refractivity contribution in [3.8, 4) is 5.75 Å². The Morgan fingerprint density at radius 3 is 2.55 bits per heavy atom. The van der Waals surface area contributed by atoms with Crippen molar-refractivity contribution in [1.82, 2.24) is 0 Å². The molecule has 0 aliphatic heterocycles. The Bertz CT molecular complexity index is 443. The quantitative estimate of drug-likeness (QED) is 0.639. The van der Waals surface area contributed by atoms with E-state index in [9.17, 15) is 5.11 Å². The second-order valence-corrected chi connectivity index (χ2v) is 8.79. The molecule has 1 N–H and O–H groups in total. The number of phenols is 1. The molecule has 1 saturated carbocycles. The molecule has 0 saturated heterocycles. The van der Waals surface area contributed by atoms with Crippen molar-refractivity contribution in [2.75, 3.05) is 0 Å². The molecule has 1 aromatic carbocycles. The molecule has 0 bridgehead atoms. The molecular formula is C14H20Cl2N2OZr. The van der Waals surface area contributed by atoms with Crippen molar-refractivity contribution in [3.05, 3.63) is 23.8 Å². The van der Waals surface area contributed by atoms with Crippen molar-refractivity contribution in [1.29, 1.82) is 0 Å². The molecule has 1 fully saturated rings. The molecule has 0 aromatic heterocycles. The zero-order valence-corrected chi connectivity index (χ0v) is 15.8. The van der Waals surface area contributed by atoms with Crippen LogP contribution in [0.1, 0.15) is 38.2 Å². The second kappa shape index (κ2) is 9.92. The third-order valence-electron chi connectivity index (χ3n) is 3.60. The number of phenolic OH excluding ortho intramolecular Hbond substituents is 1. The van der Waals surface area contributed by atoms with E-state index in [1.54, 1.807) is 6.07 Å². The number of rotatable bonds is 2. The Hall–Kier alpha value is 0.0831. The summed E-state index contributed by atoms with van der Waals surface area (Å²) in [5, 5.41) is 18.5. The van der Waals surface area contributed by atoms with Crippen molar-refractivity contribution in [2.45, 2.75) is 45.6 Å². The predicted octanol–water partition coefficient (Wildman–Crippen LogP) is 5.74. The Morgan fingerprint density at radius 2 is 1.90 bits per heavy atom. The standard InChI is InChI=1S/C14H20N2O.2ClH.Zr/c1-10-6-3-4-8-12(10)15-16-13-9-5-7-11(2)14(13)17;;;/h5,7,9-10,12,17H,3-4,6,8H2,1-2H3;2*1H;/q;;;+2/p-2. The van der Waals surface area contributed by atoms with Crippen LogP contribution in [0.2, 0.25) is 0 Å². The van der Waals surface area contributed by atoms with Crippen molar-refractivity contribution in [2.24, 2.45) is 16.1 Å². The number of hydrogen-bond acceptors (Lipinski definition) is 3. The molecule has 0 amide bonds. The van der Waals surface area contributed by atoms with E-state index < -0.39 is 20.8 Å². The summed E-state index contributed by atoms with van der Waals surface area (Å²) in [6.45, 7) is 4.11. The number of azo groups is 1. The van der Waals surface area contributed by atoms with E-state index in [1.807, 2.05) is 19.1 Å². The predicted molar refractivity (Wildman–Crippen MR) is 80.5 cm³/mol. The summed E-state index contributed by atoms with van der Waals surface area (Å²) in [5.74, 6) is 0.860. The van der Waals surface area contributed by atoms with Gasteiger partial charge in [-0.15, -0.1) is 0 Å². The average molecular weight is 394 g/mol. The third-order valence-corrected chi connectivity index (χ3v) is 3.60. The molecule has 2 unspecified atom stereocenters. The van der Waals surface area contributed by atoms with E-state index in [1.165, 1.54) is 19.3 Å². The van der Waals surface area contributed by atoms with Gasteiger partial charge < -0.3 is 5.11 Å². The van der Waals surface area contributed by atoms with Crippen molar-refractivity contribution < 1.29 is 26.0 Å². The molecular weight excluding hydrogens is 374 g/mol. The fourth-order valence-electron chi connectivity index (χ4n) is 2.33. The Labute approximate surface area is 139 Å². The van der Waals surface area contributed by atoms with Crippen LogP contribution in [0.4, 0.5) is 5.69 Å². The first-order valence-corrected chi connectivity index (χ1v) is 13.1. The normalized spacial score (nSPS) is 22.2. The van der Waals surface area contributed by atoms with Gasteiger partial charge in [0.1, 0.15) is 11.4 Å². The molecule has 110 valence electrons. The van der Waals surface area contributed by atoms with Crippen LogP contribution in [0.25, 0.3) is 0 Å². The number of aryl methyl sites for hydroxylation is 1. The van der Waals surface area contributed by atoms with Gasteiger partial charge in [-0.3, -0.25) is 0 Å². The van der Waals surface area contributed by atoms with E-state index in [0.29, 0.717) is 17.6 Å². The number of hydrogen-bond donors (Lipinski definition) is 1. The van der Waals surface area contributed by atoms with Gasteiger partial charge in [0, 0.05) is 0 Å². The molecule has 0 heterocycles. The Morgan fingerprint density at radius 1 is 1.25 bits per heavy atom. The van der Waals surface area contributed by atoms with Crippen LogP contribution < -0.4 is 0 Å². The monoisotopic (exact) mass is 392 g/mol. The fraction of sp³-hybridized carbons (Fsp3) is 0.571. The summed E-state index contributed by atoms with van der Waals surface area (Å²) in [4.78, 5) is 0. The first-order valence-electron chi connectivity index (χ1n) is 6.75. The summed E-state index contributed by atoms with van der Waals surface area (Å²) in [5.41, 5.74) is 1.43. The molecule has 2 rings (SSSR count). The molecule has 0 radical (unpaired) electrons. The second-order valence-electron chi connectivity index (χ2n) is 5.06. The number of nitrogens with zero attached hydrogens (tertiary/aromatic N) is 2. The van der Waals surface area contributed by atoms with Crippen LogP contribution in [-0.2, 0) is 20.8 Å². The summed E-state index contributed by atoms with van der Waals surface area (Å²) in [7, 11) is 9.87. The van der Waals surface area contributed by atoms with Crippen LogP contribution >= 0.6 is 17.0 Å². The number of para-hydroxylation sites is 1. The summed E-state index contributed by atoms with van der Waals surface area (Å²) >= 11 is -0.826. The Kier molecular flexibility index (Phi) is 8.99. The summed E-state index contributed by atoms with van der Waals surface area (Å²) < 4.78 is 0. The molecule has 6 heteroatoms. The van der Waals surface area contributed by atoms with Crippen LogP contribution in [0.15, 0.2) is 28.4 Å². The van der Waals surface area contributed by atoms with Gasteiger partial charge in [0.25, 0.3) is 0 Å². The summed E-state index contributed by atoms with van der Waals surface area (Å²) in [6.07, 6.45) is 4.91. The minimum atomic E-state index is -0.826. The molecule has 0 spiro atoms. The van der Waals surface area contributed by atoms with Gasteiger partial charge in [-0.2, -0.15) is 10.2 Å². The van der Waals surface area contributed by atoms with E-state index in [-0.39, 0.29) is 5.75 Å². The maximum absolute atomic E-state index is 9.84. The zero-order chi connectivity index (χ0) is 15.0. The van der Waals surface area contributed by atoms with Gasteiger partial charge in [0.15, 0.2) is 0 Å². The van der Waals surface area contributed by atoms with Crippen LogP contribution in [-0.4, -0.2) is 11.1 Å². The SMILES string of the molecule is Cc1cccc(N=NC2CCCCC2C)c1O.[Cl][Zr][Cl]. The van der Waals surface area contributed by atoms with Gasteiger partial charge in [0.2, 0.25) is 0 Å².